The molecule has 6 heteroatoms. The molecule has 0 saturated heterocycles. The second-order valence-electron chi connectivity index (χ2n) is 6.48. The summed E-state index contributed by atoms with van der Waals surface area (Å²) in [5.74, 6) is 1.12. The fourth-order valence-electron chi connectivity index (χ4n) is 3.38. The quantitative estimate of drug-likeness (QED) is 0.464. The van der Waals surface area contributed by atoms with Crippen molar-refractivity contribution in [1.82, 2.24) is 25.1 Å². The van der Waals surface area contributed by atoms with Gasteiger partial charge in [-0.15, -0.1) is 0 Å². The minimum Gasteiger partial charge on any atom is -0.434 e. The van der Waals surface area contributed by atoms with E-state index in [1.54, 1.807) is 0 Å². The number of hydrogen-bond donors (Lipinski definition) is 2. The number of H-pyrrole nitrogens is 2. The number of para-hydroxylation sites is 2. The van der Waals surface area contributed by atoms with Crippen molar-refractivity contribution in [3.63, 3.8) is 0 Å². The molecule has 2 N–H and O–H groups in total. The van der Waals surface area contributed by atoms with Crippen LogP contribution in [0, 0.1) is 0 Å². The van der Waals surface area contributed by atoms with Gasteiger partial charge in [-0.1, -0.05) is 24.3 Å². The standard InChI is InChI=1S/C21H13N5O/c1-2-4-17-16(3-1)23-20(24-17)21-25-18-8-6-13(10-19(18)27-21)12-5-7-15-14(9-12)11-22-26-15/h1-11H,(H,22,26)(H,23,24). The highest BCUT2D eigenvalue weighted by Crippen LogP contribution is 2.29. The van der Waals surface area contributed by atoms with Crippen molar-refractivity contribution < 1.29 is 4.42 Å². The number of hydrogen-bond acceptors (Lipinski definition) is 4. The molecule has 0 fully saturated rings. The summed E-state index contributed by atoms with van der Waals surface area (Å²) >= 11 is 0. The zero-order chi connectivity index (χ0) is 17.8. The second-order valence-corrected chi connectivity index (χ2v) is 6.48. The highest BCUT2D eigenvalue weighted by atomic mass is 16.3. The Labute approximate surface area is 152 Å². The summed E-state index contributed by atoms with van der Waals surface area (Å²) in [7, 11) is 0. The first-order valence-corrected chi connectivity index (χ1v) is 8.63. The van der Waals surface area contributed by atoms with E-state index in [-0.39, 0.29) is 0 Å². The van der Waals surface area contributed by atoms with Gasteiger partial charge in [-0.3, -0.25) is 5.10 Å². The first-order chi connectivity index (χ1) is 13.3. The van der Waals surface area contributed by atoms with E-state index in [4.69, 9.17) is 4.42 Å². The zero-order valence-electron chi connectivity index (χ0n) is 14.1. The van der Waals surface area contributed by atoms with E-state index in [1.807, 2.05) is 48.7 Å². The lowest BCUT2D eigenvalue weighted by atomic mass is 10.0. The van der Waals surface area contributed by atoms with E-state index in [1.165, 1.54) is 0 Å². The second kappa shape index (κ2) is 5.28. The van der Waals surface area contributed by atoms with Crippen molar-refractivity contribution in [2.75, 3.05) is 0 Å². The van der Waals surface area contributed by atoms with Crippen molar-refractivity contribution in [1.29, 1.82) is 0 Å². The molecule has 0 atom stereocenters. The molecule has 0 spiro atoms. The van der Waals surface area contributed by atoms with Crippen LogP contribution in [0.1, 0.15) is 0 Å². The maximum Gasteiger partial charge on any atom is 0.264 e. The Morgan fingerprint density at radius 3 is 2.63 bits per heavy atom. The van der Waals surface area contributed by atoms with Gasteiger partial charge in [0.05, 0.1) is 22.7 Å². The number of nitrogens with zero attached hydrogens (tertiary/aromatic N) is 3. The molecule has 0 aliphatic carbocycles. The summed E-state index contributed by atoms with van der Waals surface area (Å²) in [6.07, 6.45) is 1.82. The van der Waals surface area contributed by atoms with Gasteiger partial charge in [0.15, 0.2) is 11.4 Å². The molecule has 0 unspecified atom stereocenters. The van der Waals surface area contributed by atoms with Crippen LogP contribution in [0.15, 0.2) is 71.3 Å². The van der Waals surface area contributed by atoms with Gasteiger partial charge >= 0.3 is 0 Å². The van der Waals surface area contributed by atoms with Gasteiger partial charge in [0.25, 0.3) is 5.89 Å². The number of nitrogens with one attached hydrogen (secondary N) is 2. The predicted molar refractivity (Wildman–Crippen MR) is 104 cm³/mol. The summed E-state index contributed by atoms with van der Waals surface area (Å²) in [5, 5.41) is 8.13. The largest absolute Gasteiger partial charge is 0.434 e. The predicted octanol–water partition coefficient (Wildman–Crippen LogP) is 4.91. The Morgan fingerprint density at radius 1 is 0.778 bits per heavy atom. The third-order valence-corrected chi connectivity index (χ3v) is 4.75. The molecule has 27 heavy (non-hydrogen) atoms. The van der Waals surface area contributed by atoms with Gasteiger partial charge in [0, 0.05) is 5.39 Å². The molecule has 6 rings (SSSR count). The Hall–Kier alpha value is -3.93. The molecule has 0 bridgehead atoms. The maximum atomic E-state index is 5.99. The van der Waals surface area contributed by atoms with Gasteiger partial charge in [-0.2, -0.15) is 5.10 Å². The van der Waals surface area contributed by atoms with Gasteiger partial charge in [0.2, 0.25) is 0 Å². The van der Waals surface area contributed by atoms with Gasteiger partial charge in [-0.05, 0) is 47.5 Å². The van der Waals surface area contributed by atoms with Crippen molar-refractivity contribution in [2.45, 2.75) is 0 Å². The molecule has 0 saturated carbocycles. The van der Waals surface area contributed by atoms with Crippen molar-refractivity contribution in [3.8, 4) is 22.8 Å². The van der Waals surface area contributed by atoms with Crippen molar-refractivity contribution in [2.24, 2.45) is 0 Å². The molecule has 6 aromatic rings. The SMILES string of the molecule is c1ccc2[nH]c(-c3nc4ccc(-c5ccc6[nH]ncc6c5)cc4o3)nc2c1. The van der Waals surface area contributed by atoms with Crippen molar-refractivity contribution in [3.05, 3.63) is 66.9 Å². The van der Waals surface area contributed by atoms with Crippen LogP contribution in [-0.4, -0.2) is 25.1 Å². The van der Waals surface area contributed by atoms with E-state index < -0.39 is 0 Å². The summed E-state index contributed by atoms with van der Waals surface area (Å²) in [6, 6.07) is 20.1. The topological polar surface area (TPSA) is 83.4 Å². The highest BCUT2D eigenvalue weighted by Gasteiger charge is 2.13. The third kappa shape index (κ3) is 2.23. The maximum absolute atomic E-state index is 5.99. The van der Waals surface area contributed by atoms with Gasteiger partial charge < -0.3 is 9.40 Å². The summed E-state index contributed by atoms with van der Waals surface area (Å²) in [5.41, 5.74) is 6.58. The van der Waals surface area contributed by atoms with E-state index in [0.717, 1.165) is 44.2 Å². The van der Waals surface area contributed by atoms with Crippen molar-refractivity contribution >= 4 is 33.0 Å². The smallest absolute Gasteiger partial charge is 0.264 e. The number of aromatic amines is 2. The minimum absolute atomic E-state index is 0.489. The fourth-order valence-corrected chi connectivity index (χ4v) is 3.38. The van der Waals surface area contributed by atoms with Crippen LogP contribution in [0.5, 0.6) is 0 Å². The number of fused-ring (bicyclic) bond motifs is 3. The number of aromatic nitrogens is 5. The average molecular weight is 351 g/mol. The number of oxazole rings is 1. The Balaban J connectivity index is 1.46. The summed E-state index contributed by atoms with van der Waals surface area (Å²) in [4.78, 5) is 12.4. The van der Waals surface area contributed by atoms with E-state index >= 15 is 0 Å². The lowest BCUT2D eigenvalue weighted by Crippen LogP contribution is -1.79. The molecule has 0 amide bonds. The Kier molecular flexibility index (Phi) is 2.79. The van der Waals surface area contributed by atoms with Crippen LogP contribution in [0.2, 0.25) is 0 Å². The van der Waals surface area contributed by atoms with Crippen LogP contribution < -0.4 is 0 Å². The third-order valence-electron chi connectivity index (χ3n) is 4.75. The lowest BCUT2D eigenvalue weighted by molar-refractivity contribution is 0.614. The first-order valence-electron chi connectivity index (χ1n) is 8.63. The molecular weight excluding hydrogens is 338 g/mol. The lowest BCUT2D eigenvalue weighted by Gasteiger charge is -2.01. The Bertz CT molecular complexity index is 1410. The molecule has 0 aliphatic heterocycles. The molecule has 3 heterocycles. The molecule has 128 valence electrons. The molecular formula is C21H13N5O. The monoisotopic (exact) mass is 351 g/mol. The van der Waals surface area contributed by atoms with Gasteiger partial charge in [-0.25, -0.2) is 9.97 Å². The van der Waals surface area contributed by atoms with Crippen LogP contribution in [0.4, 0.5) is 0 Å². The number of rotatable bonds is 2. The van der Waals surface area contributed by atoms with Crippen LogP contribution in [-0.2, 0) is 0 Å². The van der Waals surface area contributed by atoms with Crippen LogP contribution in [0.25, 0.3) is 55.9 Å². The fraction of sp³-hybridized carbons (Fsp3) is 0. The van der Waals surface area contributed by atoms with Gasteiger partial charge in [0.1, 0.15) is 5.52 Å². The average Bonchev–Trinajstić information content (AvgIpc) is 3.42. The molecule has 6 nitrogen and oxygen atoms in total. The zero-order valence-corrected chi connectivity index (χ0v) is 14.1. The van der Waals surface area contributed by atoms with E-state index in [9.17, 15) is 0 Å². The summed E-state index contributed by atoms with van der Waals surface area (Å²) in [6.45, 7) is 0. The Morgan fingerprint density at radius 2 is 1.67 bits per heavy atom. The highest BCUT2D eigenvalue weighted by molar-refractivity contribution is 5.87. The molecule has 0 radical (unpaired) electrons. The molecule has 3 aromatic carbocycles. The van der Waals surface area contributed by atoms with E-state index in [2.05, 4.69) is 43.3 Å². The normalized spacial score (nSPS) is 11.7. The number of imidazole rings is 1. The van der Waals surface area contributed by atoms with Crippen LogP contribution >= 0.6 is 0 Å². The molecule has 0 aliphatic rings. The first kappa shape index (κ1) is 14.3. The minimum atomic E-state index is 0.489. The summed E-state index contributed by atoms with van der Waals surface area (Å²) < 4.78 is 5.99. The number of benzene rings is 3. The molecule has 3 aromatic heterocycles. The van der Waals surface area contributed by atoms with Crippen LogP contribution in [0.3, 0.4) is 0 Å². The van der Waals surface area contributed by atoms with E-state index in [0.29, 0.717) is 11.7 Å².